The fourth-order valence-corrected chi connectivity index (χ4v) is 1.02. The fraction of sp³-hybridized carbons (Fsp3) is 0.222. The molecule has 1 aromatic carbocycles. The molecule has 1 N–H and O–H groups in total. The number of hydrogen-bond acceptors (Lipinski definition) is 1. The smallest absolute Gasteiger partial charge is 0.207 e. The molecule has 0 aliphatic heterocycles. The molecule has 0 unspecified atom stereocenters. The third kappa shape index (κ3) is 2.50. The highest BCUT2D eigenvalue weighted by Gasteiger charge is 2.06. The normalized spacial score (nSPS) is 12.2. The molecule has 0 aliphatic rings. The van der Waals surface area contributed by atoms with Gasteiger partial charge in [-0.2, -0.15) is 0 Å². The molecule has 1 atom stereocenters. The van der Waals surface area contributed by atoms with Gasteiger partial charge >= 0.3 is 0 Å². The summed E-state index contributed by atoms with van der Waals surface area (Å²) in [6, 6.07) is 2.77. The van der Waals surface area contributed by atoms with E-state index in [0.717, 1.165) is 6.07 Å². The summed E-state index contributed by atoms with van der Waals surface area (Å²) in [6.07, 6.45) is 0.494. The van der Waals surface area contributed by atoms with Crippen molar-refractivity contribution in [1.82, 2.24) is 5.32 Å². The summed E-state index contributed by atoms with van der Waals surface area (Å²) >= 11 is 0. The van der Waals surface area contributed by atoms with E-state index >= 15 is 0 Å². The second kappa shape index (κ2) is 3.98. The Morgan fingerprint density at radius 3 is 2.31 bits per heavy atom. The number of nitrogens with one attached hydrogen (secondary N) is 1. The van der Waals surface area contributed by atoms with E-state index < -0.39 is 11.6 Å². The van der Waals surface area contributed by atoms with E-state index in [9.17, 15) is 13.6 Å². The van der Waals surface area contributed by atoms with Gasteiger partial charge in [0, 0.05) is 6.07 Å². The first-order valence-electron chi connectivity index (χ1n) is 3.79. The molecule has 0 saturated heterocycles. The van der Waals surface area contributed by atoms with Crippen LogP contribution in [0.3, 0.4) is 0 Å². The fourth-order valence-electron chi connectivity index (χ4n) is 1.02. The third-order valence-electron chi connectivity index (χ3n) is 1.70. The summed E-state index contributed by atoms with van der Waals surface area (Å²) < 4.78 is 25.3. The van der Waals surface area contributed by atoms with Gasteiger partial charge in [0.15, 0.2) is 0 Å². The molecule has 4 heteroatoms. The van der Waals surface area contributed by atoms with Crippen LogP contribution in [-0.4, -0.2) is 6.41 Å². The Labute approximate surface area is 74.6 Å². The summed E-state index contributed by atoms with van der Waals surface area (Å²) in [6.45, 7) is 1.64. The number of carbonyl (C=O) groups is 1. The lowest BCUT2D eigenvalue weighted by atomic mass is 10.1. The third-order valence-corrected chi connectivity index (χ3v) is 1.70. The number of hydrogen-bond donors (Lipinski definition) is 1. The van der Waals surface area contributed by atoms with E-state index in [1.165, 1.54) is 12.1 Å². The summed E-state index contributed by atoms with van der Waals surface area (Å²) in [4.78, 5) is 10.1. The Morgan fingerprint density at radius 1 is 1.31 bits per heavy atom. The maximum absolute atomic E-state index is 12.7. The van der Waals surface area contributed by atoms with Gasteiger partial charge in [0.25, 0.3) is 0 Å². The quantitative estimate of drug-likeness (QED) is 0.714. The van der Waals surface area contributed by atoms with Gasteiger partial charge in [-0.1, -0.05) is 0 Å². The molecule has 0 fully saturated rings. The van der Waals surface area contributed by atoms with Crippen molar-refractivity contribution in [2.24, 2.45) is 0 Å². The van der Waals surface area contributed by atoms with E-state index in [0.29, 0.717) is 12.0 Å². The van der Waals surface area contributed by atoms with Crippen molar-refractivity contribution in [2.45, 2.75) is 13.0 Å². The largest absolute Gasteiger partial charge is 0.352 e. The summed E-state index contributed by atoms with van der Waals surface area (Å²) in [5.41, 5.74) is 0.407. The Hall–Kier alpha value is -1.45. The molecule has 0 aliphatic carbocycles. The molecule has 0 radical (unpaired) electrons. The summed E-state index contributed by atoms with van der Waals surface area (Å²) in [5, 5.41) is 2.40. The number of amides is 1. The van der Waals surface area contributed by atoms with Crippen molar-refractivity contribution in [3.63, 3.8) is 0 Å². The van der Waals surface area contributed by atoms with Gasteiger partial charge in [-0.3, -0.25) is 4.79 Å². The molecule has 2 nitrogen and oxygen atoms in total. The molecular formula is C9H9F2NO. The maximum Gasteiger partial charge on any atom is 0.207 e. The Morgan fingerprint density at radius 2 is 1.85 bits per heavy atom. The number of halogens is 2. The number of carbonyl (C=O) groups excluding carboxylic acids is 1. The predicted molar refractivity (Wildman–Crippen MR) is 44.0 cm³/mol. The van der Waals surface area contributed by atoms with Crippen LogP contribution < -0.4 is 5.32 Å². The lowest BCUT2D eigenvalue weighted by Gasteiger charge is -2.10. The van der Waals surface area contributed by atoms with E-state index in [1.807, 2.05) is 0 Å². The van der Waals surface area contributed by atoms with E-state index in [1.54, 1.807) is 6.92 Å². The molecule has 0 saturated carbocycles. The minimum atomic E-state index is -0.644. The van der Waals surface area contributed by atoms with E-state index in [2.05, 4.69) is 5.32 Å². The molecule has 1 amide bonds. The van der Waals surface area contributed by atoms with Crippen molar-refractivity contribution < 1.29 is 13.6 Å². The Balaban J connectivity index is 2.93. The molecular weight excluding hydrogens is 176 g/mol. The van der Waals surface area contributed by atoms with E-state index in [4.69, 9.17) is 0 Å². The van der Waals surface area contributed by atoms with Crippen LogP contribution in [-0.2, 0) is 4.79 Å². The van der Waals surface area contributed by atoms with Crippen molar-refractivity contribution in [2.75, 3.05) is 0 Å². The molecule has 1 aromatic rings. The van der Waals surface area contributed by atoms with Crippen LogP contribution in [0.15, 0.2) is 18.2 Å². The van der Waals surface area contributed by atoms with Crippen molar-refractivity contribution in [1.29, 1.82) is 0 Å². The Bertz CT molecular complexity index is 294. The van der Waals surface area contributed by atoms with Crippen LogP contribution in [0.4, 0.5) is 8.78 Å². The topological polar surface area (TPSA) is 29.1 Å². The molecule has 0 aromatic heterocycles. The van der Waals surface area contributed by atoms with Crippen LogP contribution in [0.1, 0.15) is 18.5 Å². The molecule has 1 rings (SSSR count). The first-order valence-corrected chi connectivity index (χ1v) is 3.79. The second-order valence-corrected chi connectivity index (χ2v) is 2.71. The van der Waals surface area contributed by atoms with Crippen molar-refractivity contribution in [3.05, 3.63) is 35.4 Å². The summed E-state index contributed by atoms with van der Waals surface area (Å²) in [5.74, 6) is -1.29. The highest BCUT2D eigenvalue weighted by Crippen LogP contribution is 2.14. The SMILES string of the molecule is C[C@@H](NC=O)c1cc(F)cc(F)c1. The molecule has 70 valence electrons. The lowest BCUT2D eigenvalue weighted by Crippen LogP contribution is -2.16. The maximum atomic E-state index is 12.7. The lowest BCUT2D eigenvalue weighted by molar-refractivity contribution is -0.110. The molecule has 0 spiro atoms. The number of rotatable bonds is 3. The summed E-state index contributed by atoms with van der Waals surface area (Å²) in [7, 11) is 0. The van der Waals surface area contributed by atoms with Crippen LogP contribution >= 0.6 is 0 Å². The van der Waals surface area contributed by atoms with Crippen LogP contribution in [0, 0.1) is 11.6 Å². The van der Waals surface area contributed by atoms with Gasteiger partial charge in [-0.15, -0.1) is 0 Å². The Kier molecular flexibility index (Phi) is 2.95. The van der Waals surface area contributed by atoms with Gasteiger partial charge in [-0.05, 0) is 24.6 Å². The van der Waals surface area contributed by atoms with Crippen LogP contribution in [0.5, 0.6) is 0 Å². The van der Waals surface area contributed by atoms with Gasteiger partial charge in [0.05, 0.1) is 6.04 Å². The average molecular weight is 185 g/mol. The average Bonchev–Trinajstić information content (AvgIpc) is 2.03. The minimum absolute atomic E-state index is 0.386. The van der Waals surface area contributed by atoms with Gasteiger partial charge in [0.1, 0.15) is 11.6 Å². The zero-order chi connectivity index (χ0) is 9.84. The van der Waals surface area contributed by atoms with Gasteiger partial charge in [-0.25, -0.2) is 8.78 Å². The molecule has 0 bridgehead atoms. The first kappa shape index (κ1) is 9.64. The predicted octanol–water partition coefficient (Wildman–Crippen LogP) is 1.77. The van der Waals surface area contributed by atoms with Crippen LogP contribution in [0.2, 0.25) is 0 Å². The van der Waals surface area contributed by atoms with Gasteiger partial charge in [0.2, 0.25) is 6.41 Å². The van der Waals surface area contributed by atoms with Gasteiger partial charge < -0.3 is 5.32 Å². The standard InChI is InChI=1S/C9H9F2NO/c1-6(12-5-13)7-2-8(10)4-9(11)3-7/h2-6H,1H3,(H,12,13)/t6-/m1/s1. The number of benzene rings is 1. The minimum Gasteiger partial charge on any atom is -0.352 e. The second-order valence-electron chi connectivity index (χ2n) is 2.71. The van der Waals surface area contributed by atoms with Crippen molar-refractivity contribution >= 4 is 6.41 Å². The van der Waals surface area contributed by atoms with E-state index in [-0.39, 0.29) is 6.04 Å². The molecule has 0 heterocycles. The highest BCUT2D eigenvalue weighted by atomic mass is 19.1. The highest BCUT2D eigenvalue weighted by molar-refractivity contribution is 5.47. The van der Waals surface area contributed by atoms with Crippen molar-refractivity contribution in [3.8, 4) is 0 Å². The molecule has 13 heavy (non-hydrogen) atoms. The zero-order valence-corrected chi connectivity index (χ0v) is 7.05. The zero-order valence-electron chi connectivity index (χ0n) is 7.05. The monoisotopic (exact) mass is 185 g/mol. The first-order chi connectivity index (χ1) is 6.13. The van der Waals surface area contributed by atoms with Crippen LogP contribution in [0.25, 0.3) is 0 Å².